The molecule has 0 spiro atoms. The summed E-state index contributed by atoms with van der Waals surface area (Å²) in [6, 6.07) is 8.75. The Morgan fingerprint density at radius 3 is 2.79 bits per heavy atom. The number of rotatable bonds is 4. The molecule has 2 N–H and O–H groups in total. The van der Waals surface area contributed by atoms with E-state index < -0.39 is 0 Å². The third kappa shape index (κ3) is 3.29. The van der Waals surface area contributed by atoms with Crippen molar-refractivity contribution in [1.29, 1.82) is 5.26 Å². The predicted molar refractivity (Wildman–Crippen MR) is 66.6 cm³/mol. The van der Waals surface area contributed by atoms with Gasteiger partial charge in [-0.1, -0.05) is 6.07 Å². The van der Waals surface area contributed by atoms with E-state index in [1.54, 1.807) is 31.2 Å². The van der Waals surface area contributed by atoms with Crippen molar-refractivity contribution in [2.24, 2.45) is 0 Å². The molecule has 0 amide bonds. The van der Waals surface area contributed by atoms with Crippen molar-refractivity contribution in [3.05, 3.63) is 29.8 Å². The Labute approximate surface area is 109 Å². The monoisotopic (exact) mass is 257 g/mol. The van der Waals surface area contributed by atoms with E-state index in [0.717, 1.165) is 0 Å². The van der Waals surface area contributed by atoms with Crippen molar-refractivity contribution in [2.45, 2.75) is 6.92 Å². The van der Waals surface area contributed by atoms with Crippen molar-refractivity contribution in [3.63, 3.8) is 0 Å². The number of benzene rings is 1. The van der Waals surface area contributed by atoms with Crippen molar-refractivity contribution in [3.8, 4) is 23.8 Å². The topological polar surface area (TPSA) is 107 Å². The van der Waals surface area contributed by atoms with Crippen LogP contribution in [0.1, 0.15) is 12.5 Å². The molecule has 1 aromatic heterocycles. The molecule has 2 rings (SSSR count). The second-order valence-electron chi connectivity index (χ2n) is 3.43. The number of ether oxygens (including phenoxy) is 2. The van der Waals surface area contributed by atoms with E-state index in [1.165, 1.54) is 0 Å². The van der Waals surface area contributed by atoms with Crippen molar-refractivity contribution in [2.75, 3.05) is 12.3 Å². The molecule has 0 saturated heterocycles. The smallest absolute Gasteiger partial charge is 0.330 e. The molecule has 2 aromatic rings. The molecule has 1 aromatic carbocycles. The predicted octanol–water partition coefficient (Wildman–Crippen LogP) is 1.52. The van der Waals surface area contributed by atoms with Gasteiger partial charge in [-0.05, 0) is 25.1 Å². The van der Waals surface area contributed by atoms with Gasteiger partial charge in [0.1, 0.15) is 5.75 Å². The summed E-state index contributed by atoms with van der Waals surface area (Å²) in [5.74, 6) is 0.442. The Hall–Kier alpha value is -2.88. The van der Waals surface area contributed by atoms with E-state index in [-0.39, 0.29) is 18.0 Å². The molecule has 96 valence electrons. The zero-order chi connectivity index (χ0) is 13.7. The summed E-state index contributed by atoms with van der Waals surface area (Å²) >= 11 is 0. The largest absolute Gasteiger partial charge is 0.464 e. The standard InChI is InChI=1S/C12H11N5O2/c1-2-18-11-15-10(14)16-12(17-11)19-9-5-3-4-8(6-9)7-13/h3-6H,2H2,1H3,(H2,14,15,16,17). The minimum atomic E-state index is 0.00453. The van der Waals surface area contributed by atoms with Gasteiger partial charge in [0.2, 0.25) is 5.95 Å². The third-order valence-corrected chi connectivity index (χ3v) is 2.06. The summed E-state index contributed by atoms with van der Waals surface area (Å²) in [4.78, 5) is 11.6. The fourth-order valence-electron chi connectivity index (χ4n) is 1.33. The highest BCUT2D eigenvalue weighted by molar-refractivity contribution is 5.37. The van der Waals surface area contributed by atoms with Crippen LogP contribution in [0.25, 0.3) is 0 Å². The normalized spacial score (nSPS) is 9.68. The van der Waals surface area contributed by atoms with Crippen LogP contribution in [-0.2, 0) is 0 Å². The SMILES string of the molecule is CCOc1nc(N)nc(Oc2cccc(C#N)c2)n1. The summed E-state index contributed by atoms with van der Waals surface area (Å²) < 4.78 is 10.6. The summed E-state index contributed by atoms with van der Waals surface area (Å²) in [7, 11) is 0. The Bertz CT molecular complexity index is 624. The van der Waals surface area contributed by atoms with Crippen LogP contribution >= 0.6 is 0 Å². The van der Waals surface area contributed by atoms with Crippen LogP contribution in [0.15, 0.2) is 24.3 Å². The van der Waals surface area contributed by atoms with Crippen LogP contribution in [0.2, 0.25) is 0 Å². The lowest BCUT2D eigenvalue weighted by molar-refractivity contribution is 0.304. The maximum absolute atomic E-state index is 8.80. The second-order valence-corrected chi connectivity index (χ2v) is 3.43. The first-order valence-electron chi connectivity index (χ1n) is 5.53. The molecule has 0 fully saturated rings. The lowest BCUT2D eigenvalue weighted by atomic mass is 10.2. The van der Waals surface area contributed by atoms with E-state index >= 15 is 0 Å². The van der Waals surface area contributed by atoms with Gasteiger partial charge in [-0.25, -0.2) is 0 Å². The molecule has 0 radical (unpaired) electrons. The molecule has 19 heavy (non-hydrogen) atoms. The lowest BCUT2D eigenvalue weighted by Crippen LogP contribution is -2.04. The van der Waals surface area contributed by atoms with Crippen LogP contribution in [0, 0.1) is 11.3 Å². The fraction of sp³-hybridized carbons (Fsp3) is 0.167. The number of hydrogen-bond donors (Lipinski definition) is 1. The highest BCUT2D eigenvalue weighted by Gasteiger charge is 2.07. The number of nitriles is 1. The van der Waals surface area contributed by atoms with Crippen LogP contribution in [0.5, 0.6) is 17.8 Å². The minimum absolute atomic E-state index is 0.00453. The summed E-state index contributed by atoms with van der Waals surface area (Å²) in [5.41, 5.74) is 6.00. The van der Waals surface area contributed by atoms with Crippen molar-refractivity contribution in [1.82, 2.24) is 15.0 Å². The Morgan fingerprint density at radius 2 is 2.05 bits per heavy atom. The molecule has 0 saturated carbocycles. The molecular weight excluding hydrogens is 246 g/mol. The van der Waals surface area contributed by atoms with Crippen LogP contribution in [0.3, 0.4) is 0 Å². The third-order valence-electron chi connectivity index (χ3n) is 2.06. The summed E-state index contributed by atoms with van der Waals surface area (Å²) in [6.45, 7) is 2.21. The van der Waals surface area contributed by atoms with E-state index in [0.29, 0.717) is 17.9 Å². The molecule has 0 bridgehead atoms. The molecule has 0 aliphatic carbocycles. The van der Waals surface area contributed by atoms with Crippen LogP contribution in [-0.4, -0.2) is 21.6 Å². The van der Waals surface area contributed by atoms with Gasteiger partial charge in [0.25, 0.3) is 0 Å². The number of anilines is 1. The number of nitrogens with two attached hydrogens (primary N) is 1. The highest BCUT2D eigenvalue weighted by Crippen LogP contribution is 2.20. The first-order valence-corrected chi connectivity index (χ1v) is 5.53. The number of nitrogen functional groups attached to an aromatic ring is 1. The average Bonchev–Trinajstić information content (AvgIpc) is 2.38. The number of aromatic nitrogens is 3. The zero-order valence-corrected chi connectivity index (χ0v) is 10.2. The summed E-state index contributed by atoms with van der Waals surface area (Å²) in [6.07, 6.45) is 0. The van der Waals surface area contributed by atoms with Gasteiger partial charge in [-0.3, -0.25) is 0 Å². The lowest BCUT2D eigenvalue weighted by Gasteiger charge is -2.06. The Kier molecular flexibility index (Phi) is 3.73. The Morgan fingerprint density at radius 1 is 1.26 bits per heavy atom. The maximum atomic E-state index is 8.80. The molecule has 0 aliphatic rings. The van der Waals surface area contributed by atoms with Gasteiger partial charge in [0, 0.05) is 0 Å². The molecular formula is C12H11N5O2. The van der Waals surface area contributed by atoms with E-state index in [1.807, 2.05) is 6.07 Å². The van der Waals surface area contributed by atoms with Gasteiger partial charge in [0.05, 0.1) is 18.2 Å². The van der Waals surface area contributed by atoms with Gasteiger partial charge >= 0.3 is 12.0 Å². The fourth-order valence-corrected chi connectivity index (χ4v) is 1.33. The molecule has 0 aliphatic heterocycles. The average molecular weight is 257 g/mol. The van der Waals surface area contributed by atoms with Gasteiger partial charge in [-0.2, -0.15) is 15.2 Å². The maximum Gasteiger partial charge on any atom is 0.330 e. The van der Waals surface area contributed by atoms with Crippen molar-refractivity contribution >= 4 is 5.95 Å². The van der Waals surface area contributed by atoms with Crippen molar-refractivity contribution < 1.29 is 9.47 Å². The Balaban J connectivity index is 2.25. The minimum Gasteiger partial charge on any atom is -0.464 e. The number of hydrogen-bond acceptors (Lipinski definition) is 7. The highest BCUT2D eigenvalue weighted by atomic mass is 16.5. The molecule has 7 heteroatoms. The first kappa shape index (κ1) is 12.6. The molecule has 7 nitrogen and oxygen atoms in total. The van der Waals surface area contributed by atoms with Gasteiger partial charge < -0.3 is 15.2 Å². The molecule has 1 heterocycles. The molecule has 0 atom stereocenters. The van der Waals surface area contributed by atoms with Crippen LogP contribution < -0.4 is 15.2 Å². The van der Waals surface area contributed by atoms with E-state index in [2.05, 4.69) is 15.0 Å². The van der Waals surface area contributed by atoms with E-state index in [4.69, 9.17) is 20.5 Å². The zero-order valence-electron chi connectivity index (χ0n) is 10.2. The quantitative estimate of drug-likeness (QED) is 0.884. The van der Waals surface area contributed by atoms with Gasteiger partial charge in [0.15, 0.2) is 0 Å². The van der Waals surface area contributed by atoms with Gasteiger partial charge in [-0.15, -0.1) is 4.98 Å². The summed E-state index contributed by atoms with van der Waals surface area (Å²) in [5, 5.41) is 8.80. The second kappa shape index (κ2) is 5.64. The first-order chi connectivity index (χ1) is 9.21. The van der Waals surface area contributed by atoms with Crippen LogP contribution in [0.4, 0.5) is 5.95 Å². The molecule has 0 unspecified atom stereocenters. The number of nitrogens with zero attached hydrogens (tertiary/aromatic N) is 4. The van der Waals surface area contributed by atoms with E-state index in [9.17, 15) is 0 Å².